The Labute approximate surface area is 132 Å². The molecule has 1 aromatic carbocycles. The van der Waals surface area contributed by atoms with Gasteiger partial charge >= 0.3 is 5.97 Å². The Morgan fingerprint density at radius 1 is 1.22 bits per heavy atom. The first-order chi connectivity index (χ1) is 10.9. The zero-order valence-electron chi connectivity index (χ0n) is 12.8. The minimum Gasteiger partial charge on any atom is -0.481 e. The number of carboxylic acid groups (broad SMARTS) is 1. The monoisotopic (exact) mass is 315 g/mol. The van der Waals surface area contributed by atoms with Gasteiger partial charge in [0.1, 0.15) is 5.69 Å². The zero-order chi connectivity index (χ0) is 17.0. The number of aromatic nitrogens is 2. The lowest BCUT2D eigenvalue weighted by molar-refractivity contribution is -0.141. The number of amides is 1. The van der Waals surface area contributed by atoms with E-state index in [0.29, 0.717) is 5.69 Å². The Balaban J connectivity index is 2.29. The van der Waals surface area contributed by atoms with Crippen molar-refractivity contribution in [3.63, 3.8) is 0 Å². The molecule has 0 saturated heterocycles. The van der Waals surface area contributed by atoms with Crippen LogP contribution in [0.2, 0.25) is 0 Å². The number of aliphatic carboxylic acids is 1. The quantitative estimate of drug-likeness (QED) is 0.889. The molecular formula is C16H17N3O4. The van der Waals surface area contributed by atoms with E-state index >= 15 is 0 Å². The van der Waals surface area contributed by atoms with E-state index in [4.69, 9.17) is 5.11 Å². The second-order valence-electron chi connectivity index (χ2n) is 5.23. The fraction of sp³-hybridized carbons (Fsp3) is 0.250. The molecule has 0 aliphatic rings. The highest BCUT2D eigenvalue weighted by Gasteiger charge is 2.20. The molecule has 0 radical (unpaired) electrons. The van der Waals surface area contributed by atoms with Crippen molar-refractivity contribution in [2.45, 2.75) is 6.92 Å². The number of benzene rings is 1. The van der Waals surface area contributed by atoms with Crippen molar-refractivity contribution < 1.29 is 14.7 Å². The molecule has 1 atom stereocenters. The minimum atomic E-state index is -0.980. The number of hydrogen-bond acceptors (Lipinski definition) is 4. The van der Waals surface area contributed by atoms with Gasteiger partial charge in [-0.05, 0) is 18.2 Å². The van der Waals surface area contributed by atoms with Crippen LogP contribution in [-0.2, 0) is 4.79 Å². The average molecular weight is 315 g/mol. The zero-order valence-corrected chi connectivity index (χ0v) is 12.8. The number of para-hydroxylation sites is 1. The Morgan fingerprint density at radius 2 is 1.87 bits per heavy atom. The van der Waals surface area contributed by atoms with Gasteiger partial charge in [-0.25, -0.2) is 0 Å². The van der Waals surface area contributed by atoms with E-state index < -0.39 is 17.8 Å². The third-order valence-electron chi connectivity index (χ3n) is 3.34. The molecule has 1 amide bonds. The molecule has 1 N–H and O–H groups in total. The van der Waals surface area contributed by atoms with Crippen LogP contribution in [0.4, 0.5) is 0 Å². The van der Waals surface area contributed by atoms with Crippen LogP contribution in [0.25, 0.3) is 5.69 Å². The normalized spacial score (nSPS) is 11.7. The Hall–Kier alpha value is -2.96. The van der Waals surface area contributed by atoms with E-state index in [-0.39, 0.29) is 17.8 Å². The van der Waals surface area contributed by atoms with Crippen molar-refractivity contribution in [1.82, 2.24) is 14.7 Å². The fourth-order valence-corrected chi connectivity index (χ4v) is 2.05. The molecule has 7 heteroatoms. The number of carbonyl (C=O) groups excluding carboxylic acids is 1. The van der Waals surface area contributed by atoms with Crippen molar-refractivity contribution in [2.75, 3.05) is 13.6 Å². The van der Waals surface area contributed by atoms with Crippen LogP contribution in [0, 0.1) is 5.92 Å². The number of hydrogen-bond donors (Lipinski definition) is 1. The maximum absolute atomic E-state index is 12.4. The first-order valence-corrected chi connectivity index (χ1v) is 7.04. The van der Waals surface area contributed by atoms with Gasteiger partial charge < -0.3 is 10.0 Å². The molecule has 0 aliphatic heterocycles. The van der Waals surface area contributed by atoms with Gasteiger partial charge in [0.2, 0.25) is 0 Å². The summed E-state index contributed by atoms with van der Waals surface area (Å²) in [4.78, 5) is 36.4. The molecule has 1 unspecified atom stereocenters. The van der Waals surface area contributed by atoms with E-state index in [0.717, 1.165) is 4.68 Å². The maximum Gasteiger partial charge on any atom is 0.308 e. The highest BCUT2D eigenvalue weighted by Crippen LogP contribution is 2.06. The van der Waals surface area contributed by atoms with Gasteiger partial charge in [-0.15, -0.1) is 0 Å². The van der Waals surface area contributed by atoms with Gasteiger partial charge in [0, 0.05) is 19.7 Å². The Bertz CT molecular complexity index is 770. The molecule has 0 spiro atoms. The van der Waals surface area contributed by atoms with Crippen molar-refractivity contribution in [2.24, 2.45) is 5.92 Å². The van der Waals surface area contributed by atoms with Crippen molar-refractivity contribution in [3.8, 4) is 5.69 Å². The van der Waals surface area contributed by atoms with E-state index in [1.54, 1.807) is 24.3 Å². The summed E-state index contributed by atoms with van der Waals surface area (Å²) in [7, 11) is 1.50. The molecule has 0 aliphatic carbocycles. The van der Waals surface area contributed by atoms with Crippen LogP contribution in [0.3, 0.4) is 0 Å². The maximum atomic E-state index is 12.4. The summed E-state index contributed by atoms with van der Waals surface area (Å²) < 4.78 is 1.14. The van der Waals surface area contributed by atoms with Crippen molar-refractivity contribution in [1.29, 1.82) is 0 Å². The molecule has 2 aromatic rings. The SMILES string of the molecule is CC(CN(C)C(=O)c1ccc(=O)n(-c2ccccc2)n1)C(=O)O. The minimum absolute atomic E-state index is 0.0559. The number of nitrogens with zero attached hydrogens (tertiary/aromatic N) is 3. The van der Waals surface area contributed by atoms with E-state index in [9.17, 15) is 14.4 Å². The summed E-state index contributed by atoms with van der Waals surface area (Å²) in [5.74, 6) is -2.11. The van der Waals surface area contributed by atoms with Crippen LogP contribution >= 0.6 is 0 Å². The Morgan fingerprint density at radius 3 is 2.48 bits per heavy atom. The van der Waals surface area contributed by atoms with E-state index in [2.05, 4.69) is 5.10 Å². The lowest BCUT2D eigenvalue weighted by Gasteiger charge is -2.19. The molecule has 0 saturated carbocycles. The second kappa shape index (κ2) is 6.87. The smallest absolute Gasteiger partial charge is 0.308 e. The highest BCUT2D eigenvalue weighted by molar-refractivity contribution is 5.92. The predicted molar refractivity (Wildman–Crippen MR) is 83.6 cm³/mol. The van der Waals surface area contributed by atoms with Crippen molar-refractivity contribution >= 4 is 11.9 Å². The molecular weight excluding hydrogens is 298 g/mol. The number of carboxylic acids is 1. The first kappa shape index (κ1) is 16.4. The fourth-order valence-electron chi connectivity index (χ4n) is 2.05. The van der Waals surface area contributed by atoms with Crippen LogP contribution in [-0.4, -0.2) is 45.3 Å². The summed E-state index contributed by atoms with van der Waals surface area (Å²) in [6, 6.07) is 11.4. The summed E-state index contributed by atoms with van der Waals surface area (Å²) in [5.41, 5.74) is 0.275. The lowest BCUT2D eigenvalue weighted by atomic mass is 10.1. The van der Waals surface area contributed by atoms with E-state index in [1.807, 2.05) is 6.07 Å². The summed E-state index contributed by atoms with van der Waals surface area (Å²) >= 11 is 0. The average Bonchev–Trinajstić information content (AvgIpc) is 2.55. The molecule has 120 valence electrons. The molecule has 23 heavy (non-hydrogen) atoms. The van der Waals surface area contributed by atoms with Crippen LogP contribution in [0.15, 0.2) is 47.3 Å². The van der Waals surface area contributed by atoms with E-state index in [1.165, 1.54) is 31.0 Å². The third kappa shape index (κ3) is 3.82. The molecule has 2 rings (SSSR count). The molecule has 1 heterocycles. The van der Waals surface area contributed by atoms with Gasteiger partial charge in [-0.2, -0.15) is 9.78 Å². The predicted octanol–water partition coefficient (Wildman–Crippen LogP) is 1.03. The second-order valence-corrected chi connectivity index (χ2v) is 5.23. The van der Waals surface area contributed by atoms with Gasteiger partial charge in [-0.3, -0.25) is 14.4 Å². The third-order valence-corrected chi connectivity index (χ3v) is 3.34. The standard InChI is InChI=1S/C16H17N3O4/c1-11(16(22)23)10-18(2)15(21)13-8-9-14(20)19(17-13)12-6-4-3-5-7-12/h3-9,11H,10H2,1-2H3,(H,22,23). The van der Waals surface area contributed by atoms with Crippen LogP contribution in [0.5, 0.6) is 0 Å². The topological polar surface area (TPSA) is 92.5 Å². The van der Waals surface area contributed by atoms with Crippen LogP contribution in [0.1, 0.15) is 17.4 Å². The largest absolute Gasteiger partial charge is 0.481 e. The van der Waals surface area contributed by atoms with Gasteiger partial charge in [0.05, 0.1) is 11.6 Å². The molecule has 0 bridgehead atoms. The van der Waals surface area contributed by atoms with Crippen LogP contribution < -0.4 is 5.56 Å². The van der Waals surface area contributed by atoms with Gasteiger partial charge in [0.15, 0.2) is 0 Å². The molecule has 0 fully saturated rings. The van der Waals surface area contributed by atoms with Gasteiger partial charge in [-0.1, -0.05) is 25.1 Å². The van der Waals surface area contributed by atoms with Crippen molar-refractivity contribution in [3.05, 3.63) is 58.5 Å². The first-order valence-electron chi connectivity index (χ1n) is 7.04. The Kier molecular flexibility index (Phi) is 4.90. The van der Waals surface area contributed by atoms with Gasteiger partial charge in [0.25, 0.3) is 11.5 Å². The highest BCUT2D eigenvalue weighted by atomic mass is 16.4. The lowest BCUT2D eigenvalue weighted by Crippen LogP contribution is -2.35. The summed E-state index contributed by atoms with van der Waals surface area (Å²) in [6.07, 6.45) is 0. The summed E-state index contributed by atoms with van der Waals surface area (Å²) in [6.45, 7) is 1.57. The number of rotatable bonds is 5. The summed E-state index contributed by atoms with van der Waals surface area (Å²) in [5, 5.41) is 13.0. The molecule has 7 nitrogen and oxygen atoms in total. The number of carbonyl (C=O) groups is 2. The molecule has 1 aromatic heterocycles.